The van der Waals surface area contributed by atoms with Gasteiger partial charge in [-0.2, -0.15) is 0 Å². The molecule has 0 radical (unpaired) electrons. The third-order valence-corrected chi connectivity index (χ3v) is 9.96. The first-order valence-electron chi connectivity index (χ1n) is 14.7. The van der Waals surface area contributed by atoms with Gasteiger partial charge in [-0.1, -0.05) is 31.4 Å². The van der Waals surface area contributed by atoms with Gasteiger partial charge in [-0.15, -0.1) is 0 Å². The average molecular weight is 484 g/mol. The maximum absolute atomic E-state index is 5.24. The van der Waals surface area contributed by atoms with Gasteiger partial charge in [0.05, 0.1) is 12.2 Å². The molecule has 5 nitrogen and oxygen atoms in total. The molecule has 5 aliphatic carbocycles. The van der Waals surface area contributed by atoms with E-state index in [0.717, 1.165) is 60.4 Å². The number of nitrogens with zero attached hydrogens (tertiary/aromatic N) is 3. The average Bonchev–Trinajstić information content (AvgIpc) is 3.41. The lowest BCUT2D eigenvalue weighted by Crippen LogP contribution is -2.46. The molecule has 0 amide bonds. The van der Waals surface area contributed by atoms with E-state index in [1.807, 2.05) is 0 Å². The minimum absolute atomic E-state index is 0.532. The van der Waals surface area contributed by atoms with Gasteiger partial charge in [-0.05, 0) is 106 Å². The van der Waals surface area contributed by atoms with Crippen LogP contribution in [0.1, 0.15) is 94.5 Å². The van der Waals surface area contributed by atoms with Gasteiger partial charge in [-0.3, -0.25) is 4.99 Å². The molecule has 6 aliphatic rings. The van der Waals surface area contributed by atoms with Crippen molar-refractivity contribution in [1.82, 2.24) is 15.3 Å². The van der Waals surface area contributed by atoms with Crippen LogP contribution in [0.2, 0.25) is 0 Å². The second kappa shape index (κ2) is 9.46. The molecule has 2 heterocycles. The zero-order valence-corrected chi connectivity index (χ0v) is 21.6. The summed E-state index contributed by atoms with van der Waals surface area (Å²) in [5.74, 6) is 5.58. The molecule has 1 aromatic heterocycles. The Morgan fingerprint density at radius 2 is 1.61 bits per heavy atom. The quantitative estimate of drug-likeness (QED) is 0.479. The lowest BCUT2D eigenvalue weighted by Gasteiger charge is -2.57. The monoisotopic (exact) mass is 483 g/mol. The van der Waals surface area contributed by atoms with E-state index in [-0.39, 0.29) is 0 Å². The summed E-state index contributed by atoms with van der Waals surface area (Å²) >= 11 is 0. The molecule has 5 heteroatoms. The normalized spacial score (nSPS) is 31.3. The summed E-state index contributed by atoms with van der Waals surface area (Å²) < 4.78 is 0. The lowest BCUT2D eigenvalue weighted by molar-refractivity contribution is -0.0570. The Morgan fingerprint density at radius 3 is 2.28 bits per heavy atom. The van der Waals surface area contributed by atoms with Gasteiger partial charge >= 0.3 is 0 Å². The number of benzene rings is 1. The van der Waals surface area contributed by atoms with Crippen molar-refractivity contribution in [3.05, 3.63) is 41.9 Å². The van der Waals surface area contributed by atoms with Crippen LogP contribution >= 0.6 is 0 Å². The highest BCUT2D eigenvalue weighted by Gasteiger charge is 2.50. The second-order valence-electron chi connectivity index (χ2n) is 12.7. The van der Waals surface area contributed by atoms with Crippen LogP contribution in [0.4, 0.5) is 5.69 Å². The second-order valence-corrected chi connectivity index (χ2v) is 12.7. The van der Waals surface area contributed by atoms with E-state index in [0.29, 0.717) is 11.3 Å². The number of hydrogen-bond donors (Lipinski definition) is 2. The highest BCUT2D eigenvalue weighted by Crippen LogP contribution is 2.61. The fourth-order valence-corrected chi connectivity index (χ4v) is 8.67. The predicted molar refractivity (Wildman–Crippen MR) is 146 cm³/mol. The number of guanidine groups is 1. The number of aromatic nitrogens is 2. The van der Waals surface area contributed by atoms with Crippen LogP contribution < -0.4 is 10.6 Å². The summed E-state index contributed by atoms with van der Waals surface area (Å²) in [6, 6.07) is 11.0. The number of aliphatic imine (C=N–C) groups is 1. The van der Waals surface area contributed by atoms with Crippen molar-refractivity contribution in [3.8, 4) is 11.3 Å². The van der Waals surface area contributed by atoms with Crippen molar-refractivity contribution in [1.29, 1.82) is 0 Å². The van der Waals surface area contributed by atoms with Crippen molar-refractivity contribution in [2.24, 2.45) is 28.2 Å². The fourth-order valence-electron chi connectivity index (χ4n) is 8.67. The van der Waals surface area contributed by atoms with Crippen LogP contribution in [0, 0.1) is 23.2 Å². The third-order valence-electron chi connectivity index (χ3n) is 9.96. The molecular formula is C31H41N5. The summed E-state index contributed by atoms with van der Waals surface area (Å²) in [6.07, 6.45) is 18.0. The van der Waals surface area contributed by atoms with Gasteiger partial charge in [0.15, 0.2) is 5.96 Å². The Labute approximate surface area is 216 Å². The molecule has 0 saturated heterocycles. The molecule has 2 N–H and O–H groups in total. The largest absolute Gasteiger partial charge is 0.354 e. The van der Waals surface area contributed by atoms with Crippen LogP contribution in [0.5, 0.6) is 0 Å². The Balaban J connectivity index is 1.13. The molecule has 8 rings (SSSR count). The number of rotatable bonds is 6. The van der Waals surface area contributed by atoms with Gasteiger partial charge in [-0.25, -0.2) is 9.97 Å². The van der Waals surface area contributed by atoms with Gasteiger partial charge in [0.2, 0.25) is 0 Å². The molecule has 1 aliphatic heterocycles. The first-order valence-corrected chi connectivity index (χ1v) is 14.7. The van der Waals surface area contributed by atoms with Gasteiger partial charge in [0, 0.05) is 29.4 Å². The molecule has 36 heavy (non-hydrogen) atoms. The van der Waals surface area contributed by atoms with Crippen LogP contribution in [-0.2, 0) is 6.42 Å². The number of aryl methyl sites for hydroxylation is 1. The molecule has 4 bridgehead atoms. The maximum Gasteiger partial charge on any atom is 0.195 e. The van der Waals surface area contributed by atoms with Crippen LogP contribution in [-0.4, -0.2) is 29.0 Å². The zero-order valence-electron chi connectivity index (χ0n) is 21.6. The van der Waals surface area contributed by atoms with E-state index >= 15 is 0 Å². The van der Waals surface area contributed by atoms with Crippen molar-refractivity contribution >= 4 is 11.6 Å². The van der Waals surface area contributed by atoms with Crippen LogP contribution in [0.25, 0.3) is 11.3 Å². The third kappa shape index (κ3) is 4.66. The zero-order chi connectivity index (χ0) is 24.0. The van der Waals surface area contributed by atoms with Gasteiger partial charge < -0.3 is 10.6 Å². The van der Waals surface area contributed by atoms with Gasteiger partial charge in [0.25, 0.3) is 0 Å². The van der Waals surface area contributed by atoms with E-state index in [2.05, 4.69) is 46.0 Å². The van der Waals surface area contributed by atoms with Crippen molar-refractivity contribution in [3.63, 3.8) is 0 Å². The van der Waals surface area contributed by atoms with E-state index in [9.17, 15) is 0 Å². The van der Waals surface area contributed by atoms with E-state index in [1.54, 1.807) is 0 Å². The number of hydrogen-bond acceptors (Lipinski definition) is 5. The molecule has 1 aromatic carbocycles. The summed E-state index contributed by atoms with van der Waals surface area (Å²) in [5, 5.41) is 6.67. The first-order chi connectivity index (χ1) is 17.7. The van der Waals surface area contributed by atoms with Gasteiger partial charge in [0.1, 0.15) is 5.82 Å². The maximum atomic E-state index is 5.24. The summed E-state index contributed by atoms with van der Waals surface area (Å²) in [5.41, 5.74) is 5.25. The first kappa shape index (κ1) is 22.7. The van der Waals surface area contributed by atoms with E-state index in [1.165, 1.54) is 88.3 Å². The Bertz CT molecular complexity index is 1080. The minimum atomic E-state index is 0.532. The summed E-state index contributed by atoms with van der Waals surface area (Å²) in [4.78, 5) is 14.9. The van der Waals surface area contributed by atoms with Crippen LogP contribution in [0.15, 0.2) is 35.3 Å². The Morgan fingerprint density at radius 1 is 0.889 bits per heavy atom. The molecule has 0 spiro atoms. The number of anilines is 1. The topological polar surface area (TPSA) is 62.2 Å². The minimum Gasteiger partial charge on any atom is -0.354 e. The van der Waals surface area contributed by atoms with Crippen molar-refractivity contribution < 1.29 is 0 Å². The van der Waals surface area contributed by atoms with E-state index < -0.39 is 0 Å². The lowest BCUT2D eigenvalue weighted by atomic mass is 9.48. The molecule has 5 fully saturated rings. The van der Waals surface area contributed by atoms with Crippen molar-refractivity contribution in [2.75, 3.05) is 18.4 Å². The van der Waals surface area contributed by atoms with Crippen molar-refractivity contribution in [2.45, 2.75) is 89.4 Å². The van der Waals surface area contributed by atoms with E-state index in [4.69, 9.17) is 9.97 Å². The smallest absolute Gasteiger partial charge is 0.195 e. The van der Waals surface area contributed by atoms with Crippen LogP contribution in [0.3, 0.4) is 0 Å². The Kier molecular flexibility index (Phi) is 5.98. The SMILES string of the molecule is c1cc(-c2cc(CCC34CC5CC(CC(C5)C3)C4)nc(C3CCCCC3)n2)ccc1NC1=NCCN1. The number of nitrogens with one attached hydrogen (secondary N) is 2. The predicted octanol–water partition coefficient (Wildman–Crippen LogP) is 6.71. The molecule has 190 valence electrons. The molecule has 0 unspecified atom stereocenters. The Hall–Kier alpha value is -2.43. The summed E-state index contributed by atoms with van der Waals surface area (Å²) in [7, 11) is 0. The molecule has 2 aromatic rings. The standard InChI is InChI=1S/C31H41N5/c1-2-4-25(5-3-1)29-34-27(10-11-31-18-21-14-22(19-31)16-23(15-21)20-31)17-28(36-29)24-6-8-26(9-7-24)35-30-32-12-13-33-30/h6-9,17,21-23,25H,1-5,10-16,18-20H2,(H2,32,33,35). The fraction of sp³-hybridized carbons (Fsp3) is 0.645. The molecule has 0 atom stereocenters. The molecule has 5 saturated carbocycles. The summed E-state index contributed by atoms with van der Waals surface area (Å²) in [6.45, 7) is 1.76. The molecular weight excluding hydrogens is 442 g/mol. The highest BCUT2D eigenvalue weighted by molar-refractivity contribution is 5.94. The highest BCUT2D eigenvalue weighted by atomic mass is 15.2.